The van der Waals surface area contributed by atoms with Crippen LogP contribution in [0.15, 0.2) is 30.3 Å². The third-order valence-corrected chi connectivity index (χ3v) is 7.19. The summed E-state index contributed by atoms with van der Waals surface area (Å²) in [5.74, 6) is 2.44. The lowest BCUT2D eigenvalue weighted by atomic mass is 9.55. The van der Waals surface area contributed by atoms with Crippen LogP contribution in [0.4, 0.5) is 0 Å². The molecule has 3 saturated carbocycles. The highest BCUT2D eigenvalue weighted by atomic mass is 16.2. The van der Waals surface area contributed by atoms with Gasteiger partial charge in [-0.15, -0.1) is 0 Å². The van der Waals surface area contributed by atoms with Gasteiger partial charge in [0.25, 0.3) is 0 Å². The molecular weight excluding hydrogens is 296 g/mol. The van der Waals surface area contributed by atoms with E-state index in [4.69, 9.17) is 5.73 Å². The number of likely N-dealkylation sites (N-methyl/N-ethyl adjacent to an activating group) is 1. The Morgan fingerprint density at radius 3 is 2.58 bits per heavy atom. The molecule has 0 aromatic heterocycles. The number of nitrogens with zero attached hydrogens (tertiary/aromatic N) is 1. The molecule has 0 heterocycles. The summed E-state index contributed by atoms with van der Waals surface area (Å²) in [6, 6.07) is 10.9. The fraction of sp³-hybridized carbons (Fsp3) is 0.667. The Morgan fingerprint density at radius 1 is 1.29 bits per heavy atom. The van der Waals surface area contributed by atoms with Crippen LogP contribution in [-0.2, 0) is 4.79 Å². The standard InChI is InChI=1S/C21H30N2O/c1-4-23(20(24)18(22)13(2)3)19-16-11-10-15-12-21(15,16)17(19)14-8-6-5-7-9-14/h5-9,13,15-19H,4,10-12,22H2,1-3H3. The second-order valence-electron chi connectivity index (χ2n) is 8.47. The van der Waals surface area contributed by atoms with Gasteiger partial charge in [0.2, 0.25) is 5.91 Å². The second-order valence-corrected chi connectivity index (χ2v) is 8.47. The Balaban J connectivity index is 1.66. The van der Waals surface area contributed by atoms with E-state index < -0.39 is 0 Å². The maximum atomic E-state index is 13.0. The molecular formula is C21H30N2O. The zero-order valence-electron chi connectivity index (χ0n) is 15.1. The van der Waals surface area contributed by atoms with Crippen LogP contribution < -0.4 is 5.73 Å². The number of carbonyl (C=O) groups is 1. The Labute approximate surface area is 145 Å². The molecule has 0 bridgehead atoms. The zero-order chi connectivity index (χ0) is 17.1. The van der Waals surface area contributed by atoms with Gasteiger partial charge in [0, 0.05) is 18.5 Å². The highest BCUT2D eigenvalue weighted by Gasteiger charge is 2.77. The smallest absolute Gasteiger partial charge is 0.240 e. The largest absolute Gasteiger partial charge is 0.338 e. The minimum absolute atomic E-state index is 0.150. The maximum Gasteiger partial charge on any atom is 0.240 e. The Bertz CT molecular complexity index is 628. The number of amides is 1. The molecule has 1 aromatic rings. The van der Waals surface area contributed by atoms with Gasteiger partial charge < -0.3 is 10.6 Å². The molecule has 3 nitrogen and oxygen atoms in total. The van der Waals surface area contributed by atoms with Crippen molar-refractivity contribution >= 4 is 5.91 Å². The highest BCUT2D eigenvalue weighted by Crippen LogP contribution is 2.81. The first-order chi connectivity index (χ1) is 11.5. The molecule has 6 atom stereocenters. The number of hydrogen-bond acceptors (Lipinski definition) is 2. The van der Waals surface area contributed by atoms with Gasteiger partial charge in [0.05, 0.1) is 6.04 Å². The molecule has 2 N–H and O–H groups in total. The Morgan fingerprint density at radius 2 is 2.00 bits per heavy atom. The molecule has 3 heteroatoms. The van der Waals surface area contributed by atoms with Gasteiger partial charge in [-0.2, -0.15) is 0 Å². The van der Waals surface area contributed by atoms with E-state index in [1.807, 2.05) is 13.8 Å². The molecule has 3 fully saturated rings. The average molecular weight is 326 g/mol. The number of hydrogen-bond donors (Lipinski definition) is 1. The molecule has 0 aliphatic heterocycles. The van der Waals surface area contributed by atoms with Gasteiger partial charge in [-0.1, -0.05) is 44.2 Å². The molecule has 1 aromatic carbocycles. The Hall–Kier alpha value is -1.35. The van der Waals surface area contributed by atoms with Crippen LogP contribution in [0.25, 0.3) is 0 Å². The minimum atomic E-state index is -0.380. The van der Waals surface area contributed by atoms with E-state index in [0.29, 0.717) is 23.3 Å². The number of nitrogens with two attached hydrogens (primary N) is 1. The predicted molar refractivity (Wildman–Crippen MR) is 96.4 cm³/mol. The summed E-state index contributed by atoms with van der Waals surface area (Å²) in [6.07, 6.45) is 4.02. The molecule has 0 radical (unpaired) electrons. The molecule has 24 heavy (non-hydrogen) atoms. The lowest BCUT2D eigenvalue weighted by Gasteiger charge is -2.57. The normalized spacial score (nSPS) is 37.4. The fourth-order valence-corrected chi connectivity index (χ4v) is 5.93. The van der Waals surface area contributed by atoms with E-state index in [-0.39, 0.29) is 17.9 Å². The minimum Gasteiger partial charge on any atom is -0.338 e. The first-order valence-electron chi connectivity index (χ1n) is 9.63. The lowest BCUT2D eigenvalue weighted by molar-refractivity contribution is -0.144. The van der Waals surface area contributed by atoms with Crippen LogP contribution in [0.1, 0.15) is 51.5 Å². The summed E-state index contributed by atoms with van der Waals surface area (Å²) < 4.78 is 0. The first kappa shape index (κ1) is 16.1. The van der Waals surface area contributed by atoms with Gasteiger partial charge >= 0.3 is 0 Å². The van der Waals surface area contributed by atoms with E-state index in [1.54, 1.807) is 0 Å². The van der Waals surface area contributed by atoms with Gasteiger partial charge in [0.15, 0.2) is 0 Å². The van der Waals surface area contributed by atoms with Crippen molar-refractivity contribution in [2.75, 3.05) is 6.54 Å². The number of carbonyl (C=O) groups excluding carboxylic acids is 1. The van der Waals surface area contributed by atoms with Crippen molar-refractivity contribution in [2.24, 2.45) is 28.9 Å². The van der Waals surface area contributed by atoms with E-state index in [1.165, 1.54) is 24.8 Å². The Kier molecular flexibility index (Phi) is 3.76. The summed E-state index contributed by atoms with van der Waals surface area (Å²) in [6.45, 7) is 6.96. The molecule has 3 aliphatic carbocycles. The third kappa shape index (κ3) is 2.03. The lowest BCUT2D eigenvalue weighted by Crippen LogP contribution is -2.63. The van der Waals surface area contributed by atoms with Crippen molar-refractivity contribution in [2.45, 2.75) is 58.0 Å². The summed E-state index contributed by atoms with van der Waals surface area (Å²) in [7, 11) is 0. The molecule has 1 amide bonds. The second kappa shape index (κ2) is 5.59. The first-order valence-corrected chi connectivity index (χ1v) is 9.63. The van der Waals surface area contributed by atoms with Gasteiger partial charge in [-0.3, -0.25) is 4.79 Å². The highest BCUT2D eigenvalue weighted by molar-refractivity contribution is 5.82. The summed E-state index contributed by atoms with van der Waals surface area (Å²) in [5, 5.41) is 0. The van der Waals surface area contributed by atoms with Crippen LogP contribution in [-0.4, -0.2) is 29.4 Å². The summed E-state index contributed by atoms with van der Waals surface area (Å²) in [4.78, 5) is 15.2. The molecule has 130 valence electrons. The van der Waals surface area contributed by atoms with Crippen molar-refractivity contribution in [1.82, 2.24) is 4.90 Å². The quantitative estimate of drug-likeness (QED) is 0.901. The van der Waals surface area contributed by atoms with Gasteiger partial charge in [-0.05, 0) is 54.9 Å². The molecule has 0 saturated heterocycles. The fourth-order valence-electron chi connectivity index (χ4n) is 5.93. The van der Waals surface area contributed by atoms with Crippen molar-refractivity contribution < 1.29 is 4.79 Å². The SMILES string of the molecule is CCN(C(=O)C(N)C(C)C)C1C2CCC3CC32C1c1ccccc1. The van der Waals surface area contributed by atoms with Crippen molar-refractivity contribution in [3.8, 4) is 0 Å². The van der Waals surface area contributed by atoms with Crippen molar-refractivity contribution in [3.05, 3.63) is 35.9 Å². The molecule has 3 aliphatic rings. The van der Waals surface area contributed by atoms with E-state index in [2.05, 4.69) is 42.2 Å². The summed E-state index contributed by atoms with van der Waals surface area (Å²) >= 11 is 0. The maximum absolute atomic E-state index is 13.0. The van der Waals surface area contributed by atoms with E-state index in [0.717, 1.165) is 12.5 Å². The summed E-state index contributed by atoms with van der Waals surface area (Å²) in [5.41, 5.74) is 8.15. The predicted octanol–water partition coefficient (Wildman–Crippen LogP) is 3.40. The average Bonchev–Trinajstić information content (AvgIpc) is 3.25. The van der Waals surface area contributed by atoms with Gasteiger partial charge in [0.1, 0.15) is 0 Å². The van der Waals surface area contributed by atoms with Crippen LogP contribution >= 0.6 is 0 Å². The molecule has 6 unspecified atom stereocenters. The number of rotatable bonds is 5. The number of benzene rings is 1. The van der Waals surface area contributed by atoms with Crippen LogP contribution in [0, 0.1) is 23.2 Å². The van der Waals surface area contributed by atoms with E-state index in [9.17, 15) is 4.79 Å². The zero-order valence-corrected chi connectivity index (χ0v) is 15.1. The molecule has 1 spiro atoms. The van der Waals surface area contributed by atoms with E-state index >= 15 is 0 Å². The topological polar surface area (TPSA) is 46.3 Å². The van der Waals surface area contributed by atoms with Crippen LogP contribution in [0.5, 0.6) is 0 Å². The molecule has 4 rings (SSSR count). The monoisotopic (exact) mass is 326 g/mol. The van der Waals surface area contributed by atoms with Crippen molar-refractivity contribution in [1.29, 1.82) is 0 Å². The third-order valence-electron chi connectivity index (χ3n) is 7.19. The van der Waals surface area contributed by atoms with Crippen LogP contribution in [0.2, 0.25) is 0 Å². The van der Waals surface area contributed by atoms with Crippen molar-refractivity contribution in [3.63, 3.8) is 0 Å². The van der Waals surface area contributed by atoms with Gasteiger partial charge in [-0.25, -0.2) is 0 Å². The van der Waals surface area contributed by atoms with Crippen LogP contribution in [0.3, 0.4) is 0 Å².